The molecule has 2 aromatic rings. The number of hydrogen-bond acceptors (Lipinski definition) is 9. The summed E-state index contributed by atoms with van der Waals surface area (Å²) in [5.74, 6) is -5.26. The quantitative estimate of drug-likeness (QED) is 0.373. The number of alkyl halides is 2. The summed E-state index contributed by atoms with van der Waals surface area (Å²) in [6, 6.07) is 4.50. The number of anilines is 1. The summed E-state index contributed by atoms with van der Waals surface area (Å²) in [7, 11) is 0. The van der Waals surface area contributed by atoms with Gasteiger partial charge in [-0.25, -0.2) is 19.1 Å². The van der Waals surface area contributed by atoms with Gasteiger partial charge in [0.25, 0.3) is 0 Å². The molecule has 1 aliphatic rings. The molecule has 0 bridgehead atoms. The molecule has 3 atom stereocenters. The van der Waals surface area contributed by atoms with Crippen molar-refractivity contribution in [1.29, 1.82) is 0 Å². The van der Waals surface area contributed by atoms with E-state index in [1.54, 1.807) is 18.3 Å². The van der Waals surface area contributed by atoms with Crippen molar-refractivity contribution >= 4 is 17.9 Å². The molecule has 190 valence electrons. The first-order chi connectivity index (χ1) is 16.8. The van der Waals surface area contributed by atoms with Crippen molar-refractivity contribution in [3.05, 3.63) is 52.8 Å². The number of aromatic nitrogens is 3. The third kappa shape index (κ3) is 6.36. The SMILES string of the molecule is CCCCOC(=O)Nc1ccnc(=O)n1[C@@H]1O[C@H](CO)[C@@H](OC(=O)CCc2cccnc2)C1(F)F. The zero-order valence-corrected chi connectivity index (χ0v) is 18.9. The second-order valence-corrected chi connectivity index (χ2v) is 7.75. The lowest BCUT2D eigenvalue weighted by atomic mass is 10.1. The first kappa shape index (κ1) is 26.2. The van der Waals surface area contributed by atoms with Gasteiger partial charge in [-0.1, -0.05) is 19.4 Å². The normalized spacial score (nSPS) is 20.9. The third-order valence-electron chi connectivity index (χ3n) is 5.21. The number of carbonyl (C=O) groups excluding carboxylic acids is 2. The lowest BCUT2D eigenvalue weighted by Gasteiger charge is -2.25. The van der Waals surface area contributed by atoms with Crippen molar-refractivity contribution < 1.29 is 37.7 Å². The Morgan fingerprint density at radius 3 is 2.80 bits per heavy atom. The molecular weight excluding hydrogens is 470 g/mol. The van der Waals surface area contributed by atoms with Crippen LogP contribution in [0.2, 0.25) is 0 Å². The molecule has 0 radical (unpaired) electrons. The number of aliphatic hydroxyl groups excluding tert-OH is 1. The Bertz CT molecular complexity index is 1070. The fourth-order valence-corrected chi connectivity index (χ4v) is 3.43. The van der Waals surface area contributed by atoms with Crippen molar-refractivity contribution in [2.24, 2.45) is 0 Å². The number of amides is 1. The Hall–Kier alpha value is -3.45. The van der Waals surface area contributed by atoms with Gasteiger partial charge in [0, 0.05) is 25.0 Å². The van der Waals surface area contributed by atoms with Crippen LogP contribution in [-0.4, -0.2) is 63.0 Å². The minimum absolute atomic E-state index is 0.0946. The van der Waals surface area contributed by atoms with Crippen LogP contribution in [0.3, 0.4) is 0 Å². The van der Waals surface area contributed by atoms with Crippen LogP contribution in [0, 0.1) is 0 Å². The molecule has 3 rings (SSSR count). The number of pyridine rings is 1. The Kier molecular flexibility index (Phi) is 8.82. The van der Waals surface area contributed by atoms with Crippen LogP contribution in [0.1, 0.15) is 38.0 Å². The molecule has 0 spiro atoms. The number of halogens is 2. The number of esters is 1. The highest BCUT2D eigenvalue weighted by molar-refractivity contribution is 5.83. The van der Waals surface area contributed by atoms with Gasteiger partial charge in [0.1, 0.15) is 11.9 Å². The molecule has 35 heavy (non-hydrogen) atoms. The molecule has 3 heterocycles. The number of hydrogen-bond donors (Lipinski definition) is 2. The van der Waals surface area contributed by atoms with Crippen LogP contribution in [0.25, 0.3) is 0 Å². The fraction of sp³-hybridized carbons (Fsp3) is 0.500. The Morgan fingerprint density at radius 2 is 2.11 bits per heavy atom. The maximum atomic E-state index is 15.4. The average molecular weight is 496 g/mol. The van der Waals surface area contributed by atoms with Crippen molar-refractivity contribution in [2.45, 2.75) is 57.0 Å². The van der Waals surface area contributed by atoms with Crippen molar-refractivity contribution in [3.8, 4) is 0 Å². The van der Waals surface area contributed by atoms with Crippen LogP contribution >= 0.6 is 0 Å². The lowest BCUT2D eigenvalue weighted by Crippen LogP contribution is -2.45. The van der Waals surface area contributed by atoms with E-state index in [4.69, 9.17) is 14.2 Å². The summed E-state index contributed by atoms with van der Waals surface area (Å²) in [5, 5.41) is 11.8. The summed E-state index contributed by atoms with van der Waals surface area (Å²) in [5.41, 5.74) is -0.444. The van der Waals surface area contributed by atoms with Crippen molar-refractivity contribution in [2.75, 3.05) is 18.5 Å². The van der Waals surface area contributed by atoms with Gasteiger partial charge >= 0.3 is 23.7 Å². The molecule has 1 amide bonds. The van der Waals surface area contributed by atoms with E-state index in [2.05, 4.69) is 15.3 Å². The second kappa shape index (κ2) is 11.8. The third-order valence-corrected chi connectivity index (χ3v) is 5.21. The first-order valence-electron chi connectivity index (χ1n) is 11.0. The molecule has 1 saturated heterocycles. The number of rotatable bonds is 10. The molecule has 0 saturated carbocycles. The number of aryl methyl sites for hydroxylation is 1. The second-order valence-electron chi connectivity index (χ2n) is 7.75. The minimum Gasteiger partial charge on any atom is -0.453 e. The Labute approximate surface area is 199 Å². The number of unbranched alkanes of at least 4 members (excludes halogenated alkanes) is 1. The minimum atomic E-state index is -3.95. The van der Waals surface area contributed by atoms with Crippen molar-refractivity contribution in [1.82, 2.24) is 14.5 Å². The van der Waals surface area contributed by atoms with Crippen LogP contribution in [0.4, 0.5) is 19.4 Å². The molecule has 1 aliphatic heterocycles. The maximum Gasteiger partial charge on any atom is 0.412 e. The smallest absolute Gasteiger partial charge is 0.412 e. The zero-order chi connectivity index (χ0) is 25.4. The molecule has 13 heteroatoms. The van der Waals surface area contributed by atoms with Gasteiger partial charge in [-0.05, 0) is 30.5 Å². The standard InChI is InChI=1S/C22H26F2N4O7/c1-2-3-11-33-21(32)27-16-8-10-26-20(31)28(16)19-22(23,24)18(15(13-29)34-19)35-17(30)7-6-14-5-4-9-25-12-14/h4-5,8-10,12,15,18-19,29H,2-3,6-7,11,13H2,1H3,(H,27,32)/t15-,18-,19-/m1/s1. The molecule has 11 nitrogen and oxygen atoms in total. The van der Waals surface area contributed by atoms with E-state index in [1.165, 1.54) is 6.20 Å². The van der Waals surface area contributed by atoms with E-state index >= 15 is 8.78 Å². The largest absolute Gasteiger partial charge is 0.453 e. The van der Waals surface area contributed by atoms with Gasteiger partial charge in [-0.15, -0.1) is 0 Å². The fourth-order valence-electron chi connectivity index (χ4n) is 3.43. The number of aliphatic hydroxyl groups is 1. The molecule has 0 aliphatic carbocycles. The van der Waals surface area contributed by atoms with Gasteiger partial charge in [-0.2, -0.15) is 8.78 Å². The van der Waals surface area contributed by atoms with Crippen LogP contribution in [-0.2, 0) is 25.4 Å². The van der Waals surface area contributed by atoms with Gasteiger partial charge in [0.2, 0.25) is 6.23 Å². The predicted octanol–water partition coefficient (Wildman–Crippen LogP) is 2.06. The van der Waals surface area contributed by atoms with E-state index in [-0.39, 0.29) is 25.3 Å². The van der Waals surface area contributed by atoms with Gasteiger partial charge < -0.3 is 19.3 Å². The molecule has 2 N–H and O–H groups in total. The summed E-state index contributed by atoms with van der Waals surface area (Å²) in [4.78, 5) is 44.1. The summed E-state index contributed by atoms with van der Waals surface area (Å²) in [6.45, 7) is 1.07. The summed E-state index contributed by atoms with van der Waals surface area (Å²) in [6.07, 6.45) is -1.65. The lowest BCUT2D eigenvalue weighted by molar-refractivity contribution is -0.176. The summed E-state index contributed by atoms with van der Waals surface area (Å²) < 4.78 is 46.4. The number of ether oxygens (including phenoxy) is 3. The highest BCUT2D eigenvalue weighted by atomic mass is 19.3. The highest BCUT2D eigenvalue weighted by Crippen LogP contribution is 2.44. The van der Waals surface area contributed by atoms with E-state index < -0.39 is 48.7 Å². The molecular formula is C22H26F2N4O7. The summed E-state index contributed by atoms with van der Waals surface area (Å²) >= 11 is 0. The van der Waals surface area contributed by atoms with Crippen LogP contribution in [0.5, 0.6) is 0 Å². The molecule has 2 aromatic heterocycles. The zero-order valence-electron chi connectivity index (χ0n) is 18.9. The van der Waals surface area contributed by atoms with E-state index in [1.807, 2.05) is 6.92 Å². The average Bonchev–Trinajstić information content (AvgIpc) is 3.08. The predicted molar refractivity (Wildman–Crippen MR) is 117 cm³/mol. The number of nitrogens with one attached hydrogen (secondary N) is 1. The first-order valence-corrected chi connectivity index (χ1v) is 11.0. The number of carbonyl (C=O) groups is 2. The molecule has 1 fully saturated rings. The number of nitrogens with zero attached hydrogens (tertiary/aromatic N) is 3. The Balaban J connectivity index is 1.77. The monoisotopic (exact) mass is 496 g/mol. The van der Waals surface area contributed by atoms with Crippen LogP contribution < -0.4 is 11.0 Å². The van der Waals surface area contributed by atoms with E-state index in [9.17, 15) is 19.5 Å². The Morgan fingerprint density at radius 1 is 1.31 bits per heavy atom. The molecule has 0 unspecified atom stereocenters. The topological polar surface area (TPSA) is 142 Å². The van der Waals surface area contributed by atoms with Gasteiger partial charge in [0.15, 0.2) is 6.10 Å². The van der Waals surface area contributed by atoms with Gasteiger partial charge in [-0.3, -0.25) is 15.1 Å². The maximum absolute atomic E-state index is 15.4. The highest BCUT2D eigenvalue weighted by Gasteiger charge is 2.62. The molecule has 0 aromatic carbocycles. The van der Waals surface area contributed by atoms with Crippen LogP contribution in [0.15, 0.2) is 41.6 Å². The van der Waals surface area contributed by atoms with E-state index in [0.717, 1.165) is 18.7 Å². The van der Waals surface area contributed by atoms with Crippen molar-refractivity contribution in [3.63, 3.8) is 0 Å². The van der Waals surface area contributed by atoms with E-state index in [0.29, 0.717) is 16.6 Å². The van der Waals surface area contributed by atoms with Gasteiger partial charge in [0.05, 0.1) is 13.2 Å².